The van der Waals surface area contributed by atoms with E-state index in [-0.39, 0.29) is 23.0 Å². The summed E-state index contributed by atoms with van der Waals surface area (Å²) in [5.74, 6) is -1.31. The van der Waals surface area contributed by atoms with Crippen molar-refractivity contribution in [2.75, 3.05) is 6.61 Å². The third-order valence-electron chi connectivity index (χ3n) is 6.47. The number of ketones is 2. The Morgan fingerprint density at radius 1 is 1.00 bits per heavy atom. The third kappa shape index (κ3) is 6.37. The maximum Gasteiger partial charge on any atom is 0.341 e. The summed E-state index contributed by atoms with van der Waals surface area (Å²) >= 11 is 1.54. The van der Waals surface area contributed by atoms with Crippen LogP contribution in [0.15, 0.2) is 4.99 Å². The zero-order valence-corrected chi connectivity index (χ0v) is 20.7. The van der Waals surface area contributed by atoms with Crippen LogP contribution in [-0.4, -0.2) is 30.4 Å². The highest BCUT2D eigenvalue weighted by atomic mass is 32.1. The van der Waals surface area contributed by atoms with Crippen molar-refractivity contribution < 1.29 is 19.1 Å². The van der Waals surface area contributed by atoms with E-state index in [0.717, 1.165) is 37.7 Å². The Labute approximate surface area is 196 Å². The van der Waals surface area contributed by atoms with Crippen LogP contribution in [-0.2, 0) is 27.2 Å². The fourth-order valence-corrected chi connectivity index (χ4v) is 6.06. The molecule has 0 atom stereocenters. The molecule has 1 heterocycles. The molecule has 0 unspecified atom stereocenters. The molecule has 2 aliphatic carbocycles. The first-order chi connectivity index (χ1) is 15.3. The number of esters is 1. The predicted molar refractivity (Wildman–Crippen MR) is 129 cm³/mol. The Morgan fingerprint density at radius 3 is 2.16 bits per heavy atom. The Hall–Kier alpha value is -1.82. The number of hydrogen-bond acceptors (Lipinski definition) is 6. The largest absolute Gasteiger partial charge is 0.462 e. The minimum atomic E-state index is -0.804. The van der Waals surface area contributed by atoms with Crippen molar-refractivity contribution in [1.29, 1.82) is 0 Å². The number of aryl methyl sites for hydroxylation is 1. The quantitative estimate of drug-likeness (QED) is 0.296. The summed E-state index contributed by atoms with van der Waals surface area (Å²) in [5.41, 5.74) is 1.33. The number of hydrogen-bond donors (Lipinski definition) is 0. The van der Waals surface area contributed by atoms with Gasteiger partial charge in [0, 0.05) is 23.9 Å². The summed E-state index contributed by atoms with van der Waals surface area (Å²) in [6, 6.07) is 0. The van der Waals surface area contributed by atoms with Gasteiger partial charge in [-0.15, -0.1) is 11.3 Å². The maximum absolute atomic E-state index is 12.9. The lowest BCUT2D eigenvalue weighted by Crippen LogP contribution is -2.38. The molecule has 0 aromatic carbocycles. The van der Waals surface area contributed by atoms with Crippen molar-refractivity contribution in [3.05, 3.63) is 16.0 Å². The van der Waals surface area contributed by atoms with Gasteiger partial charge in [0.2, 0.25) is 0 Å². The standard InChI is InChI=1S/C26H37NO4S/c1-4-31-25(30)23-18-13-11-9-7-5-6-8-10-12-14-22(18)32-24(23)27-17-19-20(28)15-26(2,3)16-21(19)29/h17,19H,4-16H2,1-3H3. The van der Waals surface area contributed by atoms with Crippen molar-refractivity contribution in [1.82, 2.24) is 0 Å². The van der Waals surface area contributed by atoms with Crippen LogP contribution in [0.4, 0.5) is 5.00 Å². The molecule has 1 fully saturated rings. The van der Waals surface area contributed by atoms with Gasteiger partial charge in [-0.3, -0.25) is 9.59 Å². The highest BCUT2D eigenvalue weighted by Gasteiger charge is 2.38. The first kappa shape index (κ1) is 24.8. The smallest absolute Gasteiger partial charge is 0.341 e. The average Bonchev–Trinajstić information content (AvgIpc) is 3.04. The zero-order chi connectivity index (χ0) is 23.1. The van der Waals surface area contributed by atoms with E-state index in [1.165, 1.54) is 54.5 Å². The predicted octanol–water partition coefficient (Wildman–Crippen LogP) is 6.42. The molecule has 6 heteroatoms. The van der Waals surface area contributed by atoms with Crippen molar-refractivity contribution >= 4 is 40.1 Å². The van der Waals surface area contributed by atoms with Crippen LogP contribution in [0.1, 0.15) is 106 Å². The summed E-state index contributed by atoms with van der Waals surface area (Å²) in [5, 5.41) is 0.591. The summed E-state index contributed by atoms with van der Waals surface area (Å²) in [7, 11) is 0. The summed E-state index contributed by atoms with van der Waals surface area (Å²) < 4.78 is 5.39. The summed E-state index contributed by atoms with van der Waals surface area (Å²) in [4.78, 5) is 43.9. The van der Waals surface area contributed by atoms with Crippen LogP contribution in [0.25, 0.3) is 0 Å². The number of Topliss-reactive ketones (excluding diaryl/α,β-unsaturated/α-hetero) is 2. The monoisotopic (exact) mass is 459 g/mol. The van der Waals surface area contributed by atoms with Gasteiger partial charge in [0.25, 0.3) is 0 Å². The SMILES string of the molecule is CCOC(=O)c1c(N=CC2C(=O)CC(C)(C)CC2=O)sc2c1CCCCCCCCCC2. The third-order valence-corrected chi connectivity index (χ3v) is 7.67. The molecule has 0 aliphatic heterocycles. The van der Waals surface area contributed by atoms with E-state index >= 15 is 0 Å². The molecule has 1 aromatic heterocycles. The molecule has 176 valence electrons. The average molecular weight is 460 g/mol. The van der Waals surface area contributed by atoms with Gasteiger partial charge in [-0.2, -0.15) is 0 Å². The van der Waals surface area contributed by atoms with E-state index in [2.05, 4.69) is 4.99 Å². The molecule has 0 spiro atoms. The first-order valence-electron chi connectivity index (χ1n) is 12.2. The van der Waals surface area contributed by atoms with E-state index in [1.807, 2.05) is 13.8 Å². The van der Waals surface area contributed by atoms with Gasteiger partial charge < -0.3 is 4.74 Å². The van der Waals surface area contributed by atoms with Crippen LogP contribution in [0.5, 0.6) is 0 Å². The second-order valence-electron chi connectivity index (χ2n) is 9.94. The van der Waals surface area contributed by atoms with Crippen molar-refractivity contribution in [3.63, 3.8) is 0 Å². The number of aliphatic imine (C=N–C) groups is 1. The van der Waals surface area contributed by atoms with Crippen LogP contribution in [0.2, 0.25) is 0 Å². The Balaban J connectivity index is 1.92. The van der Waals surface area contributed by atoms with Gasteiger partial charge in [-0.25, -0.2) is 9.79 Å². The lowest BCUT2D eigenvalue weighted by atomic mass is 9.72. The number of carbonyl (C=O) groups excluding carboxylic acids is 3. The van der Waals surface area contributed by atoms with E-state index < -0.39 is 5.92 Å². The normalized spacial score (nSPS) is 21.1. The Kier molecular flexibility index (Phi) is 8.80. The highest BCUT2D eigenvalue weighted by molar-refractivity contribution is 7.16. The van der Waals surface area contributed by atoms with Crippen molar-refractivity contribution in [2.45, 2.75) is 97.8 Å². The molecule has 0 saturated heterocycles. The fourth-order valence-electron chi connectivity index (χ4n) is 4.83. The highest BCUT2D eigenvalue weighted by Crippen LogP contribution is 2.39. The number of carbonyl (C=O) groups is 3. The number of ether oxygens (including phenoxy) is 1. The molecule has 3 rings (SSSR count). The molecule has 0 radical (unpaired) electrons. The van der Waals surface area contributed by atoms with Crippen LogP contribution >= 0.6 is 11.3 Å². The van der Waals surface area contributed by atoms with E-state index in [4.69, 9.17) is 4.74 Å². The van der Waals surface area contributed by atoms with Crippen LogP contribution in [0.3, 0.4) is 0 Å². The fraction of sp³-hybridized carbons (Fsp3) is 0.692. The first-order valence-corrected chi connectivity index (χ1v) is 13.1. The van der Waals surface area contributed by atoms with Crippen molar-refractivity contribution in [3.8, 4) is 0 Å². The molecule has 0 N–H and O–H groups in total. The van der Waals surface area contributed by atoms with E-state index in [1.54, 1.807) is 6.92 Å². The molecule has 1 aromatic rings. The van der Waals surface area contributed by atoms with Crippen LogP contribution in [0, 0.1) is 11.3 Å². The molecule has 5 nitrogen and oxygen atoms in total. The van der Waals surface area contributed by atoms with Gasteiger partial charge in [0.05, 0.1) is 12.2 Å². The second kappa shape index (κ2) is 11.4. The molecule has 0 bridgehead atoms. The minimum absolute atomic E-state index is 0.0805. The molecule has 2 aliphatic rings. The summed E-state index contributed by atoms with van der Waals surface area (Å²) in [6.45, 7) is 6.01. The van der Waals surface area contributed by atoms with Gasteiger partial charge in [0.15, 0.2) is 0 Å². The molecular formula is C26H37NO4S. The van der Waals surface area contributed by atoms with Gasteiger partial charge in [0.1, 0.15) is 22.5 Å². The van der Waals surface area contributed by atoms with Gasteiger partial charge >= 0.3 is 5.97 Å². The number of thiophene rings is 1. The van der Waals surface area contributed by atoms with Crippen LogP contribution < -0.4 is 0 Å². The zero-order valence-electron chi connectivity index (χ0n) is 19.8. The number of fused-ring (bicyclic) bond motifs is 1. The molecule has 32 heavy (non-hydrogen) atoms. The van der Waals surface area contributed by atoms with E-state index in [9.17, 15) is 14.4 Å². The lowest BCUT2D eigenvalue weighted by molar-refractivity contribution is -0.136. The van der Waals surface area contributed by atoms with Gasteiger partial charge in [-0.1, -0.05) is 52.4 Å². The number of rotatable bonds is 4. The topological polar surface area (TPSA) is 72.8 Å². The second-order valence-corrected chi connectivity index (χ2v) is 11.0. The molecular weight excluding hydrogens is 422 g/mol. The Morgan fingerprint density at radius 2 is 1.56 bits per heavy atom. The maximum atomic E-state index is 12.9. The lowest BCUT2D eigenvalue weighted by Gasteiger charge is -2.30. The van der Waals surface area contributed by atoms with Gasteiger partial charge in [-0.05, 0) is 43.6 Å². The Bertz CT molecular complexity index is 847. The summed E-state index contributed by atoms with van der Waals surface area (Å²) in [6.07, 6.45) is 13.6. The molecule has 0 amide bonds. The van der Waals surface area contributed by atoms with Crippen molar-refractivity contribution in [2.24, 2.45) is 16.3 Å². The molecule has 1 saturated carbocycles. The number of nitrogens with zero attached hydrogens (tertiary/aromatic N) is 1. The van der Waals surface area contributed by atoms with E-state index in [0.29, 0.717) is 30.0 Å². The minimum Gasteiger partial charge on any atom is -0.462 e.